The van der Waals surface area contributed by atoms with Crippen LogP contribution in [0.1, 0.15) is 17.2 Å². The van der Waals surface area contributed by atoms with Crippen LogP contribution in [-0.4, -0.2) is 4.98 Å². The van der Waals surface area contributed by atoms with Crippen molar-refractivity contribution < 1.29 is 0 Å². The van der Waals surface area contributed by atoms with Crippen LogP contribution >= 0.6 is 22.6 Å². The summed E-state index contributed by atoms with van der Waals surface area (Å²) in [6.07, 6.45) is 4.47. The van der Waals surface area contributed by atoms with Gasteiger partial charge in [-0.2, -0.15) is 0 Å². The molecule has 2 nitrogen and oxygen atoms in total. The Balaban J connectivity index is 2.12. The highest BCUT2D eigenvalue weighted by Gasteiger charge is 2.07. The van der Waals surface area contributed by atoms with Gasteiger partial charge in [-0.1, -0.05) is 18.2 Å². The summed E-state index contributed by atoms with van der Waals surface area (Å²) in [4.78, 5) is 4.09. The lowest BCUT2D eigenvalue weighted by Crippen LogP contribution is -2.13. The molecule has 2 rings (SSSR count). The van der Waals surface area contributed by atoms with Crippen LogP contribution in [0.3, 0.4) is 0 Å². The van der Waals surface area contributed by atoms with Crippen molar-refractivity contribution in [3.63, 3.8) is 0 Å². The van der Waals surface area contributed by atoms with E-state index in [1.54, 1.807) is 6.20 Å². The summed E-state index contributed by atoms with van der Waals surface area (Å²) in [6.45, 7) is 0. The van der Waals surface area contributed by atoms with E-state index < -0.39 is 0 Å². The van der Waals surface area contributed by atoms with Crippen molar-refractivity contribution in [2.75, 3.05) is 0 Å². The van der Waals surface area contributed by atoms with Crippen molar-refractivity contribution in [3.8, 4) is 0 Å². The highest BCUT2D eigenvalue weighted by Crippen LogP contribution is 2.17. The summed E-state index contributed by atoms with van der Waals surface area (Å²) in [5, 5.41) is 0. The summed E-state index contributed by atoms with van der Waals surface area (Å²) in [5.74, 6) is 0. The lowest BCUT2D eigenvalue weighted by Gasteiger charge is -2.12. The molecule has 0 aliphatic carbocycles. The van der Waals surface area contributed by atoms with Crippen LogP contribution in [0.25, 0.3) is 0 Å². The molecule has 2 aromatic rings. The van der Waals surface area contributed by atoms with E-state index in [-0.39, 0.29) is 6.04 Å². The molecule has 16 heavy (non-hydrogen) atoms. The number of aromatic nitrogens is 1. The van der Waals surface area contributed by atoms with Crippen LogP contribution in [0, 0.1) is 3.57 Å². The fourth-order valence-electron chi connectivity index (χ4n) is 1.63. The number of rotatable bonds is 3. The smallest absolute Gasteiger partial charge is 0.0336 e. The average molecular weight is 324 g/mol. The third kappa shape index (κ3) is 3.02. The van der Waals surface area contributed by atoms with Gasteiger partial charge < -0.3 is 5.73 Å². The van der Waals surface area contributed by atoms with Crippen molar-refractivity contribution in [2.24, 2.45) is 5.73 Å². The van der Waals surface area contributed by atoms with Crippen molar-refractivity contribution in [1.29, 1.82) is 0 Å². The molecule has 0 amide bonds. The Labute approximate surface area is 109 Å². The fourth-order valence-corrected chi connectivity index (χ4v) is 2.20. The number of halogens is 1. The number of pyridine rings is 1. The predicted molar refractivity (Wildman–Crippen MR) is 74.0 cm³/mol. The molecule has 0 bridgehead atoms. The largest absolute Gasteiger partial charge is 0.324 e. The van der Waals surface area contributed by atoms with Gasteiger partial charge in [0.15, 0.2) is 0 Å². The second-order valence-electron chi connectivity index (χ2n) is 3.73. The van der Waals surface area contributed by atoms with Gasteiger partial charge in [-0.05, 0) is 58.3 Å². The van der Waals surface area contributed by atoms with Gasteiger partial charge in [-0.15, -0.1) is 0 Å². The van der Waals surface area contributed by atoms with Gasteiger partial charge >= 0.3 is 0 Å². The van der Waals surface area contributed by atoms with Crippen molar-refractivity contribution in [2.45, 2.75) is 12.5 Å². The van der Waals surface area contributed by atoms with Crippen LogP contribution in [0.5, 0.6) is 0 Å². The number of hydrogen-bond acceptors (Lipinski definition) is 2. The number of benzene rings is 1. The quantitative estimate of drug-likeness (QED) is 0.882. The Bertz CT molecular complexity index is 456. The normalized spacial score (nSPS) is 12.4. The van der Waals surface area contributed by atoms with Gasteiger partial charge in [0.05, 0.1) is 0 Å². The molecule has 0 spiro atoms. The summed E-state index contributed by atoms with van der Waals surface area (Å²) in [6, 6.07) is 12.3. The first-order chi connectivity index (χ1) is 7.75. The Hall–Kier alpha value is -0.940. The van der Waals surface area contributed by atoms with Crippen molar-refractivity contribution in [1.82, 2.24) is 4.98 Å². The zero-order valence-corrected chi connectivity index (χ0v) is 11.0. The van der Waals surface area contributed by atoms with Gasteiger partial charge in [-0.25, -0.2) is 0 Å². The van der Waals surface area contributed by atoms with Crippen LogP contribution in [0.15, 0.2) is 48.8 Å². The number of nitrogens with two attached hydrogens (primary N) is 1. The minimum Gasteiger partial charge on any atom is -0.324 e. The maximum atomic E-state index is 6.16. The first-order valence-electron chi connectivity index (χ1n) is 5.15. The molecule has 0 aliphatic heterocycles. The van der Waals surface area contributed by atoms with E-state index in [0.29, 0.717) is 0 Å². The molecule has 0 aliphatic rings. The Morgan fingerprint density at radius 1 is 1.25 bits per heavy atom. The van der Waals surface area contributed by atoms with Crippen molar-refractivity contribution in [3.05, 3.63) is 63.5 Å². The summed E-state index contributed by atoms with van der Waals surface area (Å²) >= 11 is 2.30. The van der Waals surface area contributed by atoms with Crippen LogP contribution in [0.2, 0.25) is 0 Å². The summed E-state index contributed by atoms with van der Waals surface area (Å²) < 4.78 is 1.22. The number of nitrogens with zero attached hydrogens (tertiary/aromatic N) is 1. The molecule has 3 heteroatoms. The van der Waals surface area contributed by atoms with Gasteiger partial charge in [0, 0.05) is 22.0 Å². The third-order valence-electron chi connectivity index (χ3n) is 2.46. The monoisotopic (exact) mass is 324 g/mol. The maximum Gasteiger partial charge on any atom is 0.0336 e. The molecular formula is C13H13IN2. The predicted octanol–water partition coefficient (Wildman–Crippen LogP) is 2.93. The van der Waals surface area contributed by atoms with E-state index in [9.17, 15) is 0 Å². The van der Waals surface area contributed by atoms with E-state index in [2.05, 4.69) is 51.8 Å². The molecule has 0 fully saturated rings. The highest BCUT2D eigenvalue weighted by atomic mass is 127. The van der Waals surface area contributed by atoms with Gasteiger partial charge in [0.1, 0.15) is 0 Å². The van der Waals surface area contributed by atoms with E-state index in [0.717, 1.165) is 6.42 Å². The molecule has 1 aromatic heterocycles. The second-order valence-corrected chi connectivity index (χ2v) is 4.97. The van der Waals surface area contributed by atoms with E-state index >= 15 is 0 Å². The molecule has 1 aromatic carbocycles. The molecule has 0 saturated carbocycles. The Morgan fingerprint density at radius 3 is 2.81 bits per heavy atom. The zero-order valence-electron chi connectivity index (χ0n) is 8.81. The van der Waals surface area contributed by atoms with Gasteiger partial charge in [0.2, 0.25) is 0 Å². The van der Waals surface area contributed by atoms with Crippen LogP contribution < -0.4 is 5.73 Å². The van der Waals surface area contributed by atoms with Crippen molar-refractivity contribution >= 4 is 22.6 Å². The lowest BCUT2D eigenvalue weighted by molar-refractivity contribution is 0.719. The minimum atomic E-state index is 0.0407. The Kier molecular flexibility index (Phi) is 3.90. The Morgan fingerprint density at radius 2 is 2.12 bits per heavy atom. The minimum absolute atomic E-state index is 0.0407. The molecule has 0 radical (unpaired) electrons. The topological polar surface area (TPSA) is 38.9 Å². The molecule has 2 N–H and O–H groups in total. The van der Waals surface area contributed by atoms with Gasteiger partial charge in [0.25, 0.3) is 0 Å². The summed E-state index contributed by atoms with van der Waals surface area (Å²) in [5.41, 5.74) is 8.52. The SMILES string of the molecule is NC(Cc1cccnc1)c1cccc(I)c1. The molecule has 1 atom stereocenters. The average Bonchev–Trinajstić information content (AvgIpc) is 2.30. The lowest BCUT2D eigenvalue weighted by atomic mass is 10.0. The van der Waals surface area contributed by atoms with Crippen LogP contribution in [-0.2, 0) is 6.42 Å². The molecule has 82 valence electrons. The highest BCUT2D eigenvalue weighted by molar-refractivity contribution is 14.1. The first kappa shape index (κ1) is 11.5. The van der Waals surface area contributed by atoms with E-state index in [4.69, 9.17) is 5.73 Å². The molecular weight excluding hydrogens is 311 g/mol. The molecule has 1 unspecified atom stereocenters. The van der Waals surface area contributed by atoms with Crippen LogP contribution in [0.4, 0.5) is 0 Å². The second kappa shape index (κ2) is 5.41. The van der Waals surface area contributed by atoms with E-state index in [1.165, 1.54) is 14.7 Å². The standard InChI is InChI=1S/C13H13IN2/c14-12-5-1-4-11(8-12)13(15)7-10-3-2-6-16-9-10/h1-6,8-9,13H,7,15H2. The van der Waals surface area contributed by atoms with Gasteiger partial charge in [-0.3, -0.25) is 4.98 Å². The first-order valence-corrected chi connectivity index (χ1v) is 6.23. The zero-order chi connectivity index (χ0) is 11.4. The fraction of sp³-hybridized carbons (Fsp3) is 0.154. The van der Waals surface area contributed by atoms with E-state index in [1.807, 2.05) is 18.3 Å². The third-order valence-corrected chi connectivity index (χ3v) is 3.13. The summed E-state index contributed by atoms with van der Waals surface area (Å²) in [7, 11) is 0. The maximum absolute atomic E-state index is 6.16. The molecule has 1 heterocycles. The number of hydrogen-bond donors (Lipinski definition) is 1. The molecule has 0 saturated heterocycles.